The summed E-state index contributed by atoms with van der Waals surface area (Å²) < 4.78 is 1.66. The lowest BCUT2D eigenvalue weighted by Gasteiger charge is -2.16. The van der Waals surface area contributed by atoms with E-state index in [0.29, 0.717) is 12.1 Å². The van der Waals surface area contributed by atoms with Crippen LogP contribution in [0.3, 0.4) is 0 Å². The minimum atomic E-state index is 0.00587. The van der Waals surface area contributed by atoms with Crippen LogP contribution in [0.2, 0.25) is 0 Å². The Morgan fingerprint density at radius 3 is 2.71 bits per heavy atom. The Morgan fingerprint density at radius 1 is 1.29 bits per heavy atom. The van der Waals surface area contributed by atoms with Crippen molar-refractivity contribution in [2.75, 3.05) is 7.05 Å². The van der Waals surface area contributed by atoms with Gasteiger partial charge in [0.15, 0.2) is 0 Å². The molecule has 2 aromatic heterocycles. The Morgan fingerprint density at radius 2 is 2.10 bits per heavy atom. The Balaban J connectivity index is 1.72. The van der Waals surface area contributed by atoms with Crippen molar-refractivity contribution < 1.29 is 4.79 Å². The second kappa shape index (κ2) is 5.88. The van der Waals surface area contributed by atoms with Crippen molar-refractivity contribution in [2.24, 2.45) is 0 Å². The van der Waals surface area contributed by atoms with E-state index in [9.17, 15) is 4.79 Å². The summed E-state index contributed by atoms with van der Waals surface area (Å²) in [6, 6.07) is 9.37. The molecule has 3 aromatic rings. The van der Waals surface area contributed by atoms with E-state index in [0.717, 1.165) is 11.3 Å². The molecule has 0 aliphatic heterocycles. The molecule has 2 heterocycles. The smallest absolute Gasteiger partial charge is 0.253 e. The van der Waals surface area contributed by atoms with Gasteiger partial charge >= 0.3 is 0 Å². The lowest BCUT2D eigenvalue weighted by molar-refractivity contribution is 0.0785. The molecule has 21 heavy (non-hydrogen) atoms. The summed E-state index contributed by atoms with van der Waals surface area (Å²) in [5, 5.41) is 8.13. The quantitative estimate of drug-likeness (QED) is 0.744. The molecule has 0 aliphatic carbocycles. The van der Waals surface area contributed by atoms with Gasteiger partial charge in [-0.1, -0.05) is 0 Å². The molecule has 0 unspecified atom stereocenters. The van der Waals surface area contributed by atoms with Gasteiger partial charge in [0.05, 0.1) is 5.69 Å². The summed E-state index contributed by atoms with van der Waals surface area (Å²) in [5.74, 6) is 0.00587. The number of hydrogen-bond donors (Lipinski definition) is 0. The van der Waals surface area contributed by atoms with Crippen molar-refractivity contribution in [1.29, 1.82) is 0 Å². The molecule has 0 spiro atoms. The molecular formula is C15H14N4OS. The molecule has 0 bridgehead atoms. The monoisotopic (exact) mass is 298 g/mol. The first-order valence-electron chi connectivity index (χ1n) is 6.45. The van der Waals surface area contributed by atoms with Crippen LogP contribution in [0.1, 0.15) is 15.9 Å². The maximum absolute atomic E-state index is 12.4. The lowest BCUT2D eigenvalue weighted by atomic mass is 10.1. The van der Waals surface area contributed by atoms with Crippen LogP contribution in [0.15, 0.2) is 53.7 Å². The molecule has 106 valence electrons. The number of benzene rings is 1. The fraction of sp³-hybridized carbons (Fsp3) is 0.133. The van der Waals surface area contributed by atoms with E-state index in [4.69, 9.17) is 0 Å². The van der Waals surface area contributed by atoms with Crippen molar-refractivity contribution in [2.45, 2.75) is 6.54 Å². The van der Waals surface area contributed by atoms with Gasteiger partial charge in [0, 0.05) is 19.2 Å². The third kappa shape index (κ3) is 3.00. The Kier molecular flexibility index (Phi) is 3.79. The SMILES string of the molecule is CN(Cc1ccsc1)C(=O)c1ccc(-n2cncn2)cc1. The van der Waals surface area contributed by atoms with E-state index >= 15 is 0 Å². The van der Waals surface area contributed by atoms with Crippen molar-refractivity contribution in [1.82, 2.24) is 19.7 Å². The van der Waals surface area contributed by atoms with Gasteiger partial charge < -0.3 is 4.90 Å². The van der Waals surface area contributed by atoms with Gasteiger partial charge in [0.25, 0.3) is 5.91 Å². The average molecular weight is 298 g/mol. The minimum Gasteiger partial charge on any atom is -0.337 e. The summed E-state index contributed by atoms with van der Waals surface area (Å²) in [6.07, 6.45) is 3.10. The van der Waals surface area contributed by atoms with Gasteiger partial charge in [-0.15, -0.1) is 0 Å². The number of thiophene rings is 1. The zero-order valence-electron chi connectivity index (χ0n) is 11.5. The van der Waals surface area contributed by atoms with Gasteiger partial charge in [0.2, 0.25) is 0 Å². The maximum Gasteiger partial charge on any atom is 0.253 e. The number of rotatable bonds is 4. The van der Waals surface area contributed by atoms with Crippen molar-refractivity contribution >= 4 is 17.2 Å². The highest BCUT2D eigenvalue weighted by Crippen LogP contribution is 2.13. The Bertz CT molecular complexity index is 705. The number of carbonyl (C=O) groups excluding carboxylic acids is 1. The standard InChI is InChI=1S/C15H14N4OS/c1-18(8-12-6-7-21-9-12)15(20)13-2-4-14(5-3-13)19-11-16-10-17-19/h2-7,9-11H,8H2,1H3. The second-order valence-electron chi connectivity index (χ2n) is 4.68. The summed E-state index contributed by atoms with van der Waals surface area (Å²) in [6.45, 7) is 0.618. The van der Waals surface area contributed by atoms with Crippen LogP contribution in [-0.2, 0) is 6.54 Å². The summed E-state index contributed by atoms with van der Waals surface area (Å²) >= 11 is 1.64. The fourth-order valence-electron chi connectivity index (χ4n) is 2.05. The molecule has 1 aromatic carbocycles. The highest BCUT2D eigenvalue weighted by Gasteiger charge is 2.12. The van der Waals surface area contributed by atoms with Gasteiger partial charge in [-0.05, 0) is 46.7 Å². The number of aromatic nitrogens is 3. The van der Waals surface area contributed by atoms with Crippen LogP contribution in [0.4, 0.5) is 0 Å². The number of hydrogen-bond acceptors (Lipinski definition) is 4. The van der Waals surface area contributed by atoms with E-state index in [-0.39, 0.29) is 5.91 Å². The van der Waals surface area contributed by atoms with Crippen LogP contribution in [0.25, 0.3) is 5.69 Å². The van der Waals surface area contributed by atoms with Crippen molar-refractivity contribution in [3.05, 3.63) is 64.9 Å². The predicted octanol–water partition coefficient (Wildman–Crippen LogP) is 2.60. The summed E-state index contributed by atoms with van der Waals surface area (Å²) in [4.78, 5) is 18.0. The molecule has 5 nitrogen and oxygen atoms in total. The van der Waals surface area contributed by atoms with E-state index in [1.165, 1.54) is 6.33 Å². The Hall–Kier alpha value is -2.47. The molecule has 1 amide bonds. The molecular weight excluding hydrogens is 284 g/mol. The van der Waals surface area contributed by atoms with Crippen LogP contribution in [0, 0.1) is 0 Å². The second-order valence-corrected chi connectivity index (χ2v) is 5.46. The first kappa shape index (κ1) is 13.5. The summed E-state index contributed by atoms with van der Waals surface area (Å²) in [7, 11) is 1.81. The molecule has 6 heteroatoms. The molecule has 0 N–H and O–H groups in total. The lowest BCUT2D eigenvalue weighted by Crippen LogP contribution is -2.25. The van der Waals surface area contributed by atoms with Gasteiger partial charge in [-0.2, -0.15) is 16.4 Å². The number of amides is 1. The van der Waals surface area contributed by atoms with Crippen LogP contribution in [0.5, 0.6) is 0 Å². The van der Waals surface area contributed by atoms with Crippen LogP contribution >= 0.6 is 11.3 Å². The normalized spacial score (nSPS) is 10.5. The first-order valence-corrected chi connectivity index (χ1v) is 7.40. The Labute approximate surface area is 126 Å². The van der Waals surface area contributed by atoms with Gasteiger partial charge in [-0.25, -0.2) is 9.67 Å². The van der Waals surface area contributed by atoms with Gasteiger partial charge in [0.1, 0.15) is 12.7 Å². The third-order valence-electron chi connectivity index (χ3n) is 3.14. The highest BCUT2D eigenvalue weighted by atomic mass is 32.1. The average Bonchev–Trinajstić information content (AvgIpc) is 3.20. The molecule has 0 saturated carbocycles. The maximum atomic E-state index is 12.4. The molecule has 0 saturated heterocycles. The first-order chi connectivity index (χ1) is 10.2. The zero-order valence-corrected chi connectivity index (χ0v) is 12.3. The molecule has 0 atom stereocenters. The highest BCUT2D eigenvalue weighted by molar-refractivity contribution is 7.07. The van der Waals surface area contributed by atoms with Crippen LogP contribution < -0.4 is 0 Å². The van der Waals surface area contributed by atoms with E-state index in [1.807, 2.05) is 42.8 Å². The number of carbonyl (C=O) groups is 1. The largest absolute Gasteiger partial charge is 0.337 e. The van der Waals surface area contributed by atoms with Gasteiger partial charge in [-0.3, -0.25) is 4.79 Å². The topological polar surface area (TPSA) is 51.0 Å². The zero-order chi connectivity index (χ0) is 14.7. The van der Waals surface area contributed by atoms with E-state index < -0.39 is 0 Å². The third-order valence-corrected chi connectivity index (χ3v) is 3.88. The van der Waals surface area contributed by atoms with E-state index in [2.05, 4.69) is 15.5 Å². The summed E-state index contributed by atoms with van der Waals surface area (Å²) in [5.41, 5.74) is 2.69. The fourth-order valence-corrected chi connectivity index (χ4v) is 2.71. The predicted molar refractivity (Wildman–Crippen MR) is 81.5 cm³/mol. The van der Waals surface area contributed by atoms with Crippen LogP contribution in [-0.4, -0.2) is 32.6 Å². The molecule has 3 rings (SSSR count). The van der Waals surface area contributed by atoms with Crippen molar-refractivity contribution in [3.63, 3.8) is 0 Å². The number of nitrogens with zero attached hydrogens (tertiary/aromatic N) is 4. The molecule has 0 radical (unpaired) electrons. The molecule has 0 aliphatic rings. The van der Waals surface area contributed by atoms with E-state index in [1.54, 1.807) is 27.2 Å². The van der Waals surface area contributed by atoms with Crippen molar-refractivity contribution in [3.8, 4) is 5.69 Å². The minimum absolute atomic E-state index is 0.00587. The molecule has 0 fully saturated rings.